The largest absolute Gasteiger partial charge is 0.445 e. The Bertz CT molecular complexity index is 668. The number of nitrogens with one attached hydrogen (secondary N) is 2. The number of carbonyl (C=O) groups is 2. The number of amides is 2. The molecule has 112 valence electrons. The van der Waals surface area contributed by atoms with Crippen LogP contribution in [-0.2, 0) is 16.1 Å². The highest BCUT2D eigenvalue weighted by Crippen LogP contribution is 2.19. The summed E-state index contributed by atoms with van der Waals surface area (Å²) in [5.74, 6) is -0.177. The van der Waals surface area contributed by atoms with E-state index in [1.54, 1.807) is 0 Å². The van der Waals surface area contributed by atoms with Crippen LogP contribution in [0.5, 0.6) is 0 Å². The van der Waals surface area contributed by atoms with Gasteiger partial charge in [-0.2, -0.15) is 0 Å². The summed E-state index contributed by atoms with van der Waals surface area (Å²) >= 11 is 0. The zero-order valence-corrected chi connectivity index (χ0v) is 11.9. The fourth-order valence-electron chi connectivity index (χ4n) is 2.16. The van der Waals surface area contributed by atoms with E-state index >= 15 is 0 Å². The van der Waals surface area contributed by atoms with Crippen molar-refractivity contribution in [2.45, 2.75) is 12.6 Å². The third-order valence-corrected chi connectivity index (χ3v) is 3.52. The third kappa shape index (κ3) is 3.25. The molecule has 0 radical (unpaired) electrons. The highest BCUT2D eigenvalue weighted by atomic mass is 16.5. The number of β-lactam (4-membered cyclic amide) rings is 1. The van der Waals surface area contributed by atoms with E-state index in [1.165, 1.54) is 0 Å². The molecule has 2 N–H and O–H groups in total. The third-order valence-electron chi connectivity index (χ3n) is 3.52. The quantitative estimate of drug-likeness (QED) is 0.849. The van der Waals surface area contributed by atoms with Gasteiger partial charge in [0.1, 0.15) is 12.6 Å². The van der Waals surface area contributed by atoms with Gasteiger partial charge in [-0.15, -0.1) is 0 Å². The van der Waals surface area contributed by atoms with Crippen molar-refractivity contribution in [3.05, 3.63) is 60.2 Å². The van der Waals surface area contributed by atoms with Crippen molar-refractivity contribution in [3.8, 4) is 11.1 Å². The first-order valence-electron chi connectivity index (χ1n) is 7.08. The lowest BCUT2D eigenvalue weighted by atomic mass is 10.0. The molecule has 5 nitrogen and oxygen atoms in total. The van der Waals surface area contributed by atoms with Crippen LogP contribution in [0, 0.1) is 0 Å². The number of benzene rings is 2. The Morgan fingerprint density at radius 3 is 2.36 bits per heavy atom. The second-order valence-corrected chi connectivity index (χ2v) is 5.08. The minimum absolute atomic E-state index is 0.176. The number of alkyl carbamates (subject to hydrolysis) is 1. The topological polar surface area (TPSA) is 67.4 Å². The first kappa shape index (κ1) is 14.1. The monoisotopic (exact) mass is 296 g/mol. The Hall–Kier alpha value is -2.82. The van der Waals surface area contributed by atoms with Crippen LogP contribution in [0.15, 0.2) is 54.6 Å². The molecule has 1 aliphatic heterocycles. The van der Waals surface area contributed by atoms with E-state index in [0.29, 0.717) is 6.54 Å². The van der Waals surface area contributed by atoms with Crippen LogP contribution in [0.4, 0.5) is 4.79 Å². The van der Waals surface area contributed by atoms with E-state index in [2.05, 4.69) is 10.6 Å². The van der Waals surface area contributed by atoms with Crippen molar-refractivity contribution >= 4 is 12.0 Å². The van der Waals surface area contributed by atoms with Crippen LogP contribution in [0.3, 0.4) is 0 Å². The zero-order valence-electron chi connectivity index (χ0n) is 11.9. The summed E-state index contributed by atoms with van der Waals surface area (Å²) in [6, 6.07) is 17.4. The Morgan fingerprint density at radius 2 is 1.77 bits per heavy atom. The summed E-state index contributed by atoms with van der Waals surface area (Å²) in [6.45, 7) is 0.634. The van der Waals surface area contributed by atoms with Gasteiger partial charge in [-0.3, -0.25) is 4.79 Å². The van der Waals surface area contributed by atoms with Crippen LogP contribution >= 0.6 is 0 Å². The summed E-state index contributed by atoms with van der Waals surface area (Å²) in [4.78, 5) is 22.6. The molecule has 0 unspecified atom stereocenters. The number of hydrogen-bond acceptors (Lipinski definition) is 3. The number of carbonyl (C=O) groups excluding carboxylic acids is 2. The second kappa shape index (κ2) is 6.30. The van der Waals surface area contributed by atoms with Gasteiger partial charge in [0.25, 0.3) is 0 Å². The summed E-state index contributed by atoms with van der Waals surface area (Å²) in [7, 11) is 0. The Morgan fingerprint density at radius 1 is 1.09 bits per heavy atom. The minimum Gasteiger partial charge on any atom is -0.445 e. The Labute approximate surface area is 128 Å². The van der Waals surface area contributed by atoms with E-state index in [0.717, 1.165) is 16.7 Å². The summed E-state index contributed by atoms with van der Waals surface area (Å²) in [5, 5.41) is 5.05. The molecule has 1 heterocycles. The molecule has 0 aromatic heterocycles. The van der Waals surface area contributed by atoms with Gasteiger partial charge < -0.3 is 15.4 Å². The molecule has 0 aliphatic carbocycles. The Balaban J connectivity index is 1.53. The van der Waals surface area contributed by atoms with Gasteiger partial charge >= 0.3 is 6.09 Å². The predicted octanol–water partition coefficient (Wildman–Crippen LogP) is 2.08. The fourth-order valence-corrected chi connectivity index (χ4v) is 2.16. The standard InChI is InChI=1S/C17H16N2O3/c20-16-15(10-18-16)19-17(21)22-11-12-6-8-14(9-7-12)13-4-2-1-3-5-13/h1-9,15H,10-11H2,(H,18,20)(H,19,21)/t15-/m1/s1. The zero-order chi connectivity index (χ0) is 15.4. The molecule has 3 rings (SSSR count). The molecule has 2 aromatic carbocycles. The second-order valence-electron chi connectivity index (χ2n) is 5.08. The smallest absolute Gasteiger partial charge is 0.408 e. The molecule has 0 saturated carbocycles. The van der Waals surface area contributed by atoms with Gasteiger partial charge in [-0.05, 0) is 16.7 Å². The minimum atomic E-state index is -0.577. The molecule has 0 bridgehead atoms. The molecule has 1 aliphatic rings. The van der Waals surface area contributed by atoms with Gasteiger partial charge in [0, 0.05) is 6.54 Å². The SMILES string of the molecule is O=C(N[C@@H]1CNC1=O)OCc1ccc(-c2ccccc2)cc1. The van der Waals surface area contributed by atoms with Gasteiger partial charge in [-0.25, -0.2) is 4.79 Å². The van der Waals surface area contributed by atoms with Gasteiger partial charge in [-0.1, -0.05) is 54.6 Å². The van der Waals surface area contributed by atoms with Crippen molar-refractivity contribution in [1.29, 1.82) is 0 Å². The molecule has 5 heteroatoms. The van der Waals surface area contributed by atoms with Crippen LogP contribution in [0.1, 0.15) is 5.56 Å². The molecule has 2 amide bonds. The molecule has 0 spiro atoms. The van der Waals surface area contributed by atoms with E-state index in [1.807, 2.05) is 54.6 Å². The van der Waals surface area contributed by atoms with Gasteiger partial charge in [0.05, 0.1) is 0 Å². The van der Waals surface area contributed by atoms with Crippen molar-refractivity contribution in [1.82, 2.24) is 10.6 Å². The number of hydrogen-bond donors (Lipinski definition) is 2. The van der Waals surface area contributed by atoms with Crippen LogP contribution in [0.2, 0.25) is 0 Å². The first-order valence-corrected chi connectivity index (χ1v) is 7.08. The lowest BCUT2D eigenvalue weighted by Gasteiger charge is -2.26. The maximum absolute atomic E-state index is 11.5. The summed E-state index contributed by atoms with van der Waals surface area (Å²) in [5.41, 5.74) is 3.15. The highest BCUT2D eigenvalue weighted by molar-refractivity contribution is 5.90. The predicted molar refractivity (Wildman–Crippen MR) is 82.0 cm³/mol. The maximum Gasteiger partial charge on any atom is 0.408 e. The van der Waals surface area contributed by atoms with Crippen molar-refractivity contribution < 1.29 is 14.3 Å². The molecule has 1 atom stereocenters. The molecule has 2 aromatic rings. The van der Waals surface area contributed by atoms with E-state index < -0.39 is 12.1 Å². The molecule has 22 heavy (non-hydrogen) atoms. The number of rotatable bonds is 4. The van der Waals surface area contributed by atoms with Crippen molar-refractivity contribution in [2.75, 3.05) is 6.54 Å². The van der Waals surface area contributed by atoms with Gasteiger partial charge in [0.15, 0.2) is 0 Å². The van der Waals surface area contributed by atoms with Crippen LogP contribution in [0.25, 0.3) is 11.1 Å². The molecular weight excluding hydrogens is 280 g/mol. The van der Waals surface area contributed by atoms with Crippen LogP contribution < -0.4 is 10.6 Å². The molecule has 1 fully saturated rings. The average molecular weight is 296 g/mol. The first-order chi connectivity index (χ1) is 10.7. The van der Waals surface area contributed by atoms with E-state index in [-0.39, 0.29) is 12.5 Å². The molecular formula is C17H16N2O3. The summed E-state index contributed by atoms with van der Waals surface area (Å²) in [6.07, 6.45) is -0.577. The lowest BCUT2D eigenvalue weighted by molar-refractivity contribution is -0.128. The maximum atomic E-state index is 11.5. The van der Waals surface area contributed by atoms with Crippen molar-refractivity contribution in [2.24, 2.45) is 0 Å². The van der Waals surface area contributed by atoms with Crippen LogP contribution in [-0.4, -0.2) is 24.6 Å². The summed E-state index contributed by atoms with van der Waals surface area (Å²) < 4.78 is 5.10. The fraction of sp³-hybridized carbons (Fsp3) is 0.176. The molecule has 1 saturated heterocycles. The highest BCUT2D eigenvalue weighted by Gasteiger charge is 2.29. The van der Waals surface area contributed by atoms with Gasteiger partial charge in [0.2, 0.25) is 5.91 Å². The van der Waals surface area contributed by atoms with E-state index in [9.17, 15) is 9.59 Å². The lowest BCUT2D eigenvalue weighted by Crippen LogP contribution is -2.61. The average Bonchev–Trinajstić information content (AvgIpc) is 2.58. The normalized spacial score (nSPS) is 16.4. The Kier molecular flexibility index (Phi) is 4.05. The number of ether oxygens (including phenoxy) is 1. The van der Waals surface area contributed by atoms with Crippen molar-refractivity contribution in [3.63, 3.8) is 0 Å². The van der Waals surface area contributed by atoms with E-state index in [4.69, 9.17) is 4.74 Å².